The summed E-state index contributed by atoms with van der Waals surface area (Å²) in [6, 6.07) is 18.4. The van der Waals surface area contributed by atoms with Crippen LogP contribution in [0.1, 0.15) is 29.9 Å². The SMILES string of the molecule is COCCCNC(=O)CC(c1ccccc1)c1c[nH]c2ccccc12. The molecule has 0 saturated carbocycles. The molecule has 4 heteroatoms. The number of hydrogen-bond donors (Lipinski definition) is 2. The first kappa shape index (κ1) is 17.2. The maximum absolute atomic E-state index is 12.5. The zero-order valence-corrected chi connectivity index (χ0v) is 14.5. The molecule has 3 rings (SSSR count). The highest BCUT2D eigenvalue weighted by Gasteiger charge is 2.21. The number of aromatic nitrogens is 1. The lowest BCUT2D eigenvalue weighted by molar-refractivity contribution is -0.121. The zero-order valence-electron chi connectivity index (χ0n) is 14.5. The summed E-state index contributed by atoms with van der Waals surface area (Å²) in [6.45, 7) is 1.30. The van der Waals surface area contributed by atoms with Crippen molar-refractivity contribution in [1.29, 1.82) is 0 Å². The molecule has 0 aliphatic carbocycles. The maximum atomic E-state index is 12.5. The van der Waals surface area contributed by atoms with Gasteiger partial charge in [0.1, 0.15) is 0 Å². The van der Waals surface area contributed by atoms with Crippen molar-refractivity contribution in [1.82, 2.24) is 10.3 Å². The minimum atomic E-state index is 0.0276. The molecule has 1 aromatic heterocycles. The van der Waals surface area contributed by atoms with Crippen molar-refractivity contribution < 1.29 is 9.53 Å². The van der Waals surface area contributed by atoms with Gasteiger partial charge in [-0.25, -0.2) is 0 Å². The van der Waals surface area contributed by atoms with Crippen molar-refractivity contribution in [2.24, 2.45) is 0 Å². The monoisotopic (exact) mass is 336 g/mol. The molecule has 0 fully saturated rings. The molecule has 4 nitrogen and oxygen atoms in total. The first-order chi connectivity index (χ1) is 12.3. The summed E-state index contributed by atoms with van der Waals surface area (Å²) in [4.78, 5) is 15.8. The molecule has 0 bridgehead atoms. The number of benzene rings is 2. The third kappa shape index (κ3) is 4.28. The van der Waals surface area contributed by atoms with Crippen LogP contribution in [0.25, 0.3) is 10.9 Å². The molecule has 2 aromatic carbocycles. The molecule has 2 N–H and O–H groups in total. The molecule has 0 aliphatic rings. The quantitative estimate of drug-likeness (QED) is 0.614. The van der Waals surface area contributed by atoms with E-state index in [-0.39, 0.29) is 11.8 Å². The van der Waals surface area contributed by atoms with Crippen molar-refractivity contribution in [3.8, 4) is 0 Å². The highest BCUT2D eigenvalue weighted by molar-refractivity contribution is 5.86. The van der Waals surface area contributed by atoms with E-state index >= 15 is 0 Å². The second kappa shape index (κ2) is 8.49. The van der Waals surface area contributed by atoms with E-state index < -0.39 is 0 Å². The van der Waals surface area contributed by atoms with Gasteiger partial charge >= 0.3 is 0 Å². The average Bonchev–Trinajstić information content (AvgIpc) is 3.08. The van der Waals surface area contributed by atoms with Gasteiger partial charge in [0.15, 0.2) is 0 Å². The van der Waals surface area contributed by atoms with Crippen molar-refractivity contribution in [3.63, 3.8) is 0 Å². The number of amides is 1. The molecule has 0 radical (unpaired) electrons. The van der Waals surface area contributed by atoms with Gasteiger partial charge in [0.25, 0.3) is 0 Å². The van der Waals surface area contributed by atoms with Gasteiger partial charge in [-0.1, -0.05) is 48.5 Å². The fourth-order valence-electron chi connectivity index (χ4n) is 3.18. The first-order valence-corrected chi connectivity index (χ1v) is 8.66. The number of para-hydroxylation sites is 1. The van der Waals surface area contributed by atoms with Crippen molar-refractivity contribution >= 4 is 16.8 Å². The molecule has 1 atom stereocenters. The fourth-order valence-corrected chi connectivity index (χ4v) is 3.18. The van der Waals surface area contributed by atoms with E-state index in [1.165, 1.54) is 5.39 Å². The lowest BCUT2D eigenvalue weighted by Crippen LogP contribution is -2.27. The molecule has 1 unspecified atom stereocenters. The molecule has 0 spiro atoms. The van der Waals surface area contributed by atoms with E-state index in [4.69, 9.17) is 4.74 Å². The lowest BCUT2D eigenvalue weighted by Gasteiger charge is -2.17. The Balaban J connectivity index is 1.83. The summed E-state index contributed by atoms with van der Waals surface area (Å²) >= 11 is 0. The predicted molar refractivity (Wildman–Crippen MR) is 101 cm³/mol. The second-order valence-corrected chi connectivity index (χ2v) is 6.15. The topological polar surface area (TPSA) is 54.1 Å². The number of fused-ring (bicyclic) bond motifs is 1. The number of methoxy groups -OCH3 is 1. The Labute approximate surface area is 148 Å². The minimum absolute atomic E-state index is 0.0276. The third-order valence-electron chi connectivity index (χ3n) is 4.44. The highest BCUT2D eigenvalue weighted by Crippen LogP contribution is 2.33. The molecular weight excluding hydrogens is 312 g/mol. The van der Waals surface area contributed by atoms with Crippen LogP contribution in [0.5, 0.6) is 0 Å². The molecule has 0 aliphatic heterocycles. The first-order valence-electron chi connectivity index (χ1n) is 8.66. The Morgan fingerprint density at radius 1 is 1.12 bits per heavy atom. The van der Waals surface area contributed by atoms with Crippen LogP contribution in [0.2, 0.25) is 0 Å². The van der Waals surface area contributed by atoms with E-state index in [1.54, 1.807) is 7.11 Å². The van der Waals surface area contributed by atoms with Crippen molar-refractivity contribution in [3.05, 3.63) is 71.9 Å². The van der Waals surface area contributed by atoms with Gasteiger partial charge in [-0.3, -0.25) is 4.79 Å². The van der Waals surface area contributed by atoms with Crippen LogP contribution in [0, 0.1) is 0 Å². The van der Waals surface area contributed by atoms with Gasteiger partial charge in [-0.2, -0.15) is 0 Å². The van der Waals surface area contributed by atoms with Crippen LogP contribution in [-0.4, -0.2) is 31.2 Å². The third-order valence-corrected chi connectivity index (χ3v) is 4.44. The van der Waals surface area contributed by atoms with E-state index in [2.05, 4.69) is 34.6 Å². The fraction of sp³-hybridized carbons (Fsp3) is 0.286. The Morgan fingerprint density at radius 2 is 1.88 bits per heavy atom. The van der Waals surface area contributed by atoms with Gasteiger partial charge in [0.2, 0.25) is 5.91 Å². The molecule has 3 aromatic rings. The summed E-state index contributed by atoms with van der Waals surface area (Å²) in [7, 11) is 1.67. The maximum Gasteiger partial charge on any atom is 0.220 e. The number of ether oxygens (including phenoxy) is 1. The van der Waals surface area contributed by atoms with Gasteiger partial charge in [0, 0.05) is 49.7 Å². The molecule has 1 heterocycles. The summed E-state index contributed by atoms with van der Waals surface area (Å²) in [5.74, 6) is 0.0926. The predicted octanol–water partition coefficient (Wildman–Crippen LogP) is 3.84. The number of nitrogens with one attached hydrogen (secondary N) is 2. The molecule has 0 saturated heterocycles. The Hall–Kier alpha value is -2.59. The minimum Gasteiger partial charge on any atom is -0.385 e. The molecule has 25 heavy (non-hydrogen) atoms. The van der Waals surface area contributed by atoms with Gasteiger partial charge in [-0.15, -0.1) is 0 Å². The molecule has 1 amide bonds. The van der Waals surface area contributed by atoms with Crippen LogP contribution in [0.3, 0.4) is 0 Å². The lowest BCUT2D eigenvalue weighted by atomic mass is 9.88. The smallest absolute Gasteiger partial charge is 0.220 e. The molecular formula is C21H24N2O2. The summed E-state index contributed by atoms with van der Waals surface area (Å²) in [5, 5.41) is 4.17. The standard InChI is InChI=1S/C21H24N2O2/c1-25-13-7-12-22-21(24)14-18(16-8-3-2-4-9-16)19-15-23-20-11-6-5-10-17(19)20/h2-6,8-11,15,18,23H,7,12-14H2,1H3,(H,22,24). The normalized spacial score (nSPS) is 12.2. The van der Waals surface area contributed by atoms with Crippen LogP contribution >= 0.6 is 0 Å². The van der Waals surface area contributed by atoms with Crippen LogP contribution in [0.4, 0.5) is 0 Å². The number of rotatable bonds is 8. The van der Waals surface area contributed by atoms with Gasteiger partial charge in [-0.05, 0) is 23.6 Å². The van der Waals surface area contributed by atoms with Crippen LogP contribution in [-0.2, 0) is 9.53 Å². The van der Waals surface area contributed by atoms with Gasteiger partial charge in [0.05, 0.1) is 0 Å². The number of hydrogen-bond acceptors (Lipinski definition) is 2. The van der Waals surface area contributed by atoms with Gasteiger partial charge < -0.3 is 15.0 Å². The largest absolute Gasteiger partial charge is 0.385 e. The van der Waals surface area contributed by atoms with E-state index in [1.807, 2.05) is 36.5 Å². The van der Waals surface area contributed by atoms with E-state index in [0.717, 1.165) is 23.1 Å². The number of carbonyl (C=O) groups excluding carboxylic acids is 1. The van der Waals surface area contributed by atoms with Crippen molar-refractivity contribution in [2.75, 3.05) is 20.3 Å². The Kier molecular flexibility index (Phi) is 5.86. The number of H-pyrrole nitrogens is 1. The van der Waals surface area contributed by atoms with Crippen LogP contribution < -0.4 is 5.32 Å². The number of carbonyl (C=O) groups is 1. The summed E-state index contributed by atoms with van der Waals surface area (Å²) in [5.41, 5.74) is 3.41. The Bertz CT molecular complexity index is 811. The average molecular weight is 336 g/mol. The summed E-state index contributed by atoms with van der Waals surface area (Å²) < 4.78 is 5.03. The highest BCUT2D eigenvalue weighted by atomic mass is 16.5. The second-order valence-electron chi connectivity index (χ2n) is 6.15. The number of aromatic amines is 1. The Morgan fingerprint density at radius 3 is 2.68 bits per heavy atom. The zero-order chi connectivity index (χ0) is 17.5. The van der Waals surface area contributed by atoms with E-state index in [9.17, 15) is 4.79 Å². The van der Waals surface area contributed by atoms with Crippen molar-refractivity contribution in [2.45, 2.75) is 18.8 Å². The summed E-state index contributed by atoms with van der Waals surface area (Å²) in [6.07, 6.45) is 3.28. The molecule has 130 valence electrons. The van der Waals surface area contributed by atoms with E-state index in [0.29, 0.717) is 19.6 Å². The van der Waals surface area contributed by atoms with Crippen LogP contribution in [0.15, 0.2) is 60.8 Å².